The number of benzene rings is 1. The highest BCUT2D eigenvalue weighted by molar-refractivity contribution is 5.26. The van der Waals surface area contributed by atoms with Crippen molar-refractivity contribution in [2.75, 3.05) is 13.1 Å². The van der Waals surface area contributed by atoms with Crippen molar-refractivity contribution in [2.45, 2.75) is 31.1 Å². The first kappa shape index (κ1) is 13.3. The molecule has 5 heteroatoms. The normalized spacial score (nSPS) is 25.1. The van der Waals surface area contributed by atoms with Crippen molar-refractivity contribution in [1.29, 1.82) is 0 Å². The van der Waals surface area contributed by atoms with Gasteiger partial charge in [-0.1, -0.05) is 12.1 Å². The summed E-state index contributed by atoms with van der Waals surface area (Å²) < 4.78 is 51.4. The fourth-order valence-corrected chi connectivity index (χ4v) is 2.26. The highest BCUT2D eigenvalue weighted by atomic mass is 19.4. The Bertz CT molecular complexity index is 390. The van der Waals surface area contributed by atoms with Gasteiger partial charge in [0, 0.05) is 13.0 Å². The molecule has 1 heterocycles. The molecular weight excluding hydrogens is 246 g/mol. The van der Waals surface area contributed by atoms with Crippen molar-refractivity contribution in [3.63, 3.8) is 0 Å². The Morgan fingerprint density at radius 3 is 2.33 bits per heavy atom. The van der Waals surface area contributed by atoms with Gasteiger partial charge in [-0.25, -0.2) is 4.39 Å². The molecule has 1 aromatic rings. The fourth-order valence-electron chi connectivity index (χ4n) is 2.26. The van der Waals surface area contributed by atoms with E-state index in [-0.39, 0.29) is 13.0 Å². The van der Waals surface area contributed by atoms with E-state index in [2.05, 4.69) is 5.32 Å². The third kappa shape index (κ3) is 3.22. The maximum absolute atomic E-state index is 14.3. The van der Waals surface area contributed by atoms with Gasteiger partial charge >= 0.3 is 6.18 Å². The van der Waals surface area contributed by atoms with E-state index in [1.165, 1.54) is 12.1 Å². The van der Waals surface area contributed by atoms with E-state index in [1.807, 2.05) is 0 Å². The molecule has 1 aliphatic rings. The number of alkyl halides is 4. The molecule has 1 fully saturated rings. The highest BCUT2D eigenvalue weighted by Crippen LogP contribution is 2.30. The van der Waals surface area contributed by atoms with Crippen molar-refractivity contribution in [3.05, 3.63) is 35.4 Å². The second-order valence-electron chi connectivity index (χ2n) is 4.80. The molecule has 0 aliphatic carbocycles. The number of halogens is 4. The van der Waals surface area contributed by atoms with Crippen LogP contribution in [0, 0.1) is 0 Å². The molecule has 0 saturated carbocycles. The van der Waals surface area contributed by atoms with Gasteiger partial charge in [0.2, 0.25) is 0 Å². The molecule has 0 amide bonds. The van der Waals surface area contributed by atoms with E-state index in [4.69, 9.17) is 0 Å². The summed E-state index contributed by atoms with van der Waals surface area (Å²) in [6.07, 6.45) is -2.95. The Balaban J connectivity index is 2.06. The highest BCUT2D eigenvalue weighted by Gasteiger charge is 2.33. The second-order valence-corrected chi connectivity index (χ2v) is 4.80. The second kappa shape index (κ2) is 4.88. The molecular formula is C13H15F4N. The van der Waals surface area contributed by atoms with Gasteiger partial charge in [-0.05, 0) is 37.1 Å². The predicted octanol–water partition coefficient (Wildman–Crippen LogP) is 3.34. The monoisotopic (exact) mass is 261 g/mol. The van der Waals surface area contributed by atoms with E-state index >= 15 is 0 Å². The zero-order valence-electron chi connectivity index (χ0n) is 9.86. The minimum absolute atomic E-state index is 0.165. The molecule has 1 unspecified atom stereocenters. The Labute approximate surface area is 103 Å². The van der Waals surface area contributed by atoms with Gasteiger partial charge in [-0.15, -0.1) is 0 Å². The fraction of sp³-hybridized carbons (Fsp3) is 0.538. The van der Waals surface area contributed by atoms with Gasteiger partial charge in [0.15, 0.2) is 0 Å². The van der Waals surface area contributed by atoms with Gasteiger partial charge in [0.05, 0.1) is 5.56 Å². The zero-order valence-corrected chi connectivity index (χ0v) is 9.86. The molecule has 1 aromatic carbocycles. The first-order chi connectivity index (χ1) is 8.39. The Morgan fingerprint density at radius 2 is 1.83 bits per heavy atom. The van der Waals surface area contributed by atoms with Crippen LogP contribution in [-0.4, -0.2) is 18.8 Å². The maximum atomic E-state index is 14.3. The van der Waals surface area contributed by atoms with Gasteiger partial charge in [0.25, 0.3) is 0 Å². The van der Waals surface area contributed by atoms with Crippen LogP contribution in [0.3, 0.4) is 0 Å². The third-order valence-corrected chi connectivity index (χ3v) is 3.22. The summed E-state index contributed by atoms with van der Waals surface area (Å²) in [6, 6.07) is 4.74. The van der Waals surface area contributed by atoms with Crippen molar-refractivity contribution in [1.82, 2.24) is 5.32 Å². The molecule has 1 nitrogen and oxygen atoms in total. The number of hydrogen-bond acceptors (Lipinski definition) is 1. The van der Waals surface area contributed by atoms with Crippen LogP contribution in [0.4, 0.5) is 17.6 Å². The SMILES string of the molecule is FC1(Cc2ccc(C(F)(F)F)cc2)CCCNC1. The van der Waals surface area contributed by atoms with Gasteiger partial charge in [-0.2, -0.15) is 13.2 Å². The van der Waals surface area contributed by atoms with Crippen molar-refractivity contribution in [3.8, 4) is 0 Å². The van der Waals surface area contributed by atoms with Gasteiger partial charge in [0.1, 0.15) is 5.67 Å². The lowest BCUT2D eigenvalue weighted by Crippen LogP contribution is -2.43. The summed E-state index contributed by atoms with van der Waals surface area (Å²) in [5.74, 6) is 0. The molecule has 1 saturated heterocycles. The van der Waals surface area contributed by atoms with Crippen molar-refractivity contribution in [2.24, 2.45) is 0 Å². The molecule has 1 atom stereocenters. The number of nitrogens with one attached hydrogen (secondary N) is 1. The van der Waals surface area contributed by atoms with Crippen LogP contribution in [0.2, 0.25) is 0 Å². The summed E-state index contributed by atoms with van der Waals surface area (Å²) in [6.45, 7) is 1.08. The number of piperidine rings is 1. The third-order valence-electron chi connectivity index (χ3n) is 3.22. The van der Waals surface area contributed by atoms with Crippen LogP contribution in [0.5, 0.6) is 0 Å². The molecule has 0 bridgehead atoms. The van der Waals surface area contributed by atoms with E-state index in [0.717, 1.165) is 25.1 Å². The van der Waals surface area contributed by atoms with Crippen molar-refractivity contribution >= 4 is 0 Å². The van der Waals surface area contributed by atoms with Crippen LogP contribution in [0.15, 0.2) is 24.3 Å². The quantitative estimate of drug-likeness (QED) is 0.805. The Kier molecular flexibility index (Phi) is 3.61. The summed E-state index contributed by atoms with van der Waals surface area (Å²) in [5, 5.41) is 2.98. The maximum Gasteiger partial charge on any atom is 0.416 e. The summed E-state index contributed by atoms with van der Waals surface area (Å²) in [5.41, 5.74) is -1.42. The van der Waals surface area contributed by atoms with E-state index < -0.39 is 17.4 Å². The van der Waals surface area contributed by atoms with Crippen LogP contribution < -0.4 is 5.32 Å². The topological polar surface area (TPSA) is 12.0 Å². The predicted molar refractivity (Wildman–Crippen MR) is 61.1 cm³/mol. The summed E-state index contributed by atoms with van der Waals surface area (Å²) in [7, 11) is 0. The van der Waals surface area contributed by atoms with E-state index in [0.29, 0.717) is 12.0 Å². The van der Waals surface area contributed by atoms with E-state index in [1.54, 1.807) is 0 Å². The van der Waals surface area contributed by atoms with Crippen LogP contribution in [0.25, 0.3) is 0 Å². The minimum Gasteiger partial charge on any atom is -0.314 e. The summed E-state index contributed by atoms with van der Waals surface area (Å²) >= 11 is 0. The molecule has 0 radical (unpaired) electrons. The van der Waals surface area contributed by atoms with Gasteiger partial charge < -0.3 is 5.32 Å². The first-order valence-electron chi connectivity index (χ1n) is 5.95. The Hall–Kier alpha value is -1.10. The lowest BCUT2D eigenvalue weighted by Gasteiger charge is -2.30. The van der Waals surface area contributed by atoms with Crippen LogP contribution in [0.1, 0.15) is 24.0 Å². The van der Waals surface area contributed by atoms with Crippen LogP contribution in [-0.2, 0) is 12.6 Å². The molecule has 2 rings (SSSR count). The summed E-state index contributed by atoms with van der Waals surface area (Å²) in [4.78, 5) is 0. The number of hydrogen-bond donors (Lipinski definition) is 1. The average Bonchev–Trinajstić information content (AvgIpc) is 2.29. The largest absolute Gasteiger partial charge is 0.416 e. The minimum atomic E-state index is -4.33. The Morgan fingerprint density at radius 1 is 1.17 bits per heavy atom. The zero-order chi connectivity index (χ0) is 13.2. The van der Waals surface area contributed by atoms with Crippen LogP contribution >= 0.6 is 0 Å². The molecule has 0 aromatic heterocycles. The standard InChI is InChI=1S/C13H15F4N/c14-12(6-1-7-18-9-12)8-10-2-4-11(5-3-10)13(15,16)17/h2-5,18H,1,6-9H2. The average molecular weight is 261 g/mol. The smallest absolute Gasteiger partial charge is 0.314 e. The van der Waals surface area contributed by atoms with Crippen molar-refractivity contribution < 1.29 is 17.6 Å². The van der Waals surface area contributed by atoms with Gasteiger partial charge in [-0.3, -0.25) is 0 Å². The molecule has 1 N–H and O–H groups in total. The number of rotatable bonds is 2. The molecule has 100 valence electrons. The first-order valence-corrected chi connectivity index (χ1v) is 5.95. The molecule has 1 aliphatic heterocycles. The van der Waals surface area contributed by atoms with E-state index in [9.17, 15) is 17.6 Å². The molecule has 18 heavy (non-hydrogen) atoms. The lowest BCUT2D eigenvalue weighted by molar-refractivity contribution is -0.137. The lowest BCUT2D eigenvalue weighted by atomic mass is 9.89. The molecule has 0 spiro atoms.